The Morgan fingerprint density at radius 3 is 2.60 bits per heavy atom. The van der Waals surface area contributed by atoms with Gasteiger partial charge in [0, 0.05) is 6.04 Å². The van der Waals surface area contributed by atoms with Crippen molar-refractivity contribution < 1.29 is 0 Å². The lowest BCUT2D eigenvalue weighted by Gasteiger charge is -2.27. The molecule has 0 heterocycles. The van der Waals surface area contributed by atoms with Gasteiger partial charge < -0.3 is 5.73 Å². The summed E-state index contributed by atoms with van der Waals surface area (Å²) in [5, 5.41) is 0. The van der Waals surface area contributed by atoms with E-state index in [1.54, 1.807) is 0 Å². The average Bonchev–Trinajstić information content (AvgIpc) is 1.94. The molecule has 0 aromatic heterocycles. The molecule has 1 fully saturated rings. The van der Waals surface area contributed by atoms with Gasteiger partial charge in [-0.3, -0.25) is 0 Å². The molecule has 1 nitrogen and oxygen atoms in total. The molecule has 1 heteroatoms. The van der Waals surface area contributed by atoms with Crippen molar-refractivity contribution in [2.24, 2.45) is 11.7 Å². The fraction of sp³-hybridized carbons (Fsp3) is 1.00. The van der Waals surface area contributed by atoms with E-state index in [1.165, 1.54) is 38.5 Å². The van der Waals surface area contributed by atoms with Crippen LogP contribution in [0.15, 0.2) is 0 Å². The molecule has 0 saturated heterocycles. The topological polar surface area (TPSA) is 26.0 Å². The molecule has 2 atom stereocenters. The Bertz CT molecular complexity index is 88.7. The second-order valence-corrected chi connectivity index (χ2v) is 3.50. The monoisotopic (exact) mass is 141 g/mol. The van der Waals surface area contributed by atoms with Crippen LogP contribution in [-0.2, 0) is 0 Å². The predicted octanol–water partition coefficient (Wildman–Crippen LogP) is 2.30. The summed E-state index contributed by atoms with van der Waals surface area (Å²) in [6.07, 6.45) is 8.08. The zero-order chi connectivity index (χ0) is 7.40. The summed E-state index contributed by atoms with van der Waals surface area (Å²) in [6.45, 7) is 2.25. The molecule has 1 aliphatic carbocycles. The van der Waals surface area contributed by atoms with Crippen LogP contribution in [0.5, 0.6) is 0 Å². The summed E-state index contributed by atoms with van der Waals surface area (Å²) >= 11 is 0. The van der Waals surface area contributed by atoms with Crippen LogP contribution < -0.4 is 5.73 Å². The molecule has 0 aliphatic heterocycles. The number of nitrogens with two attached hydrogens (primary N) is 1. The van der Waals surface area contributed by atoms with Crippen molar-refractivity contribution in [2.75, 3.05) is 0 Å². The molecule has 0 spiro atoms. The zero-order valence-electron chi connectivity index (χ0n) is 6.97. The maximum atomic E-state index is 5.97. The van der Waals surface area contributed by atoms with Crippen LogP contribution in [-0.4, -0.2) is 6.04 Å². The lowest BCUT2D eigenvalue weighted by atomic mass is 9.82. The highest BCUT2D eigenvalue weighted by molar-refractivity contribution is 4.77. The van der Waals surface area contributed by atoms with E-state index in [2.05, 4.69) is 6.92 Å². The third-order valence-electron chi connectivity index (χ3n) is 2.63. The molecular formula is C9H19N. The fourth-order valence-electron chi connectivity index (χ4n) is 1.97. The van der Waals surface area contributed by atoms with Gasteiger partial charge in [0.15, 0.2) is 0 Å². The minimum Gasteiger partial charge on any atom is -0.327 e. The van der Waals surface area contributed by atoms with Crippen molar-refractivity contribution in [3.05, 3.63) is 0 Å². The van der Waals surface area contributed by atoms with Crippen molar-refractivity contribution in [3.63, 3.8) is 0 Å². The van der Waals surface area contributed by atoms with E-state index in [0.29, 0.717) is 6.04 Å². The van der Waals surface area contributed by atoms with Gasteiger partial charge >= 0.3 is 0 Å². The third kappa shape index (κ3) is 1.98. The van der Waals surface area contributed by atoms with Gasteiger partial charge in [-0.15, -0.1) is 0 Å². The van der Waals surface area contributed by atoms with Crippen molar-refractivity contribution >= 4 is 0 Å². The Morgan fingerprint density at radius 1 is 1.30 bits per heavy atom. The van der Waals surface area contributed by atoms with E-state index in [-0.39, 0.29) is 0 Å². The van der Waals surface area contributed by atoms with Gasteiger partial charge in [-0.25, -0.2) is 0 Å². The minimum atomic E-state index is 0.522. The normalized spacial score (nSPS) is 34.2. The highest BCUT2D eigenvalue weighted by Crippen LogP contribution is 2.26. The predicted molar refractivity (Wildman–Crippen MR) is 44.8 cm³/mol. The maximum Gasteiger partial charge on any atom is 0.00671 e. The molecule has 0 unspecified atom stereocenters. The molecule has 2 N–H and O–H groups in total. The number of hydrogen-bond acceptors (Lipinski definition) is 1. The minimum absolute atomic E-state index is 0.522. The Morgan fingerprint density at radius 2 is 2.00 bits per heavy atom. The molecule has 1 aliphatic rings. The summed E-state index contributed by atoms with van der Waals surface area (Å²) < 4.78 is 0. The van der Waals surface area contributed by atoms with Crippen LogP contribution in [0.4, 0.5) is 0 Å². The standard InChI is InChI=1S/C9H19N/c1-2-5-8-6-3-4-7-9(8)10/h8-9H,2-7,10H2,1H3/t8-,9+/m1/s1. The lowest BCUT2D eigenvalue weighted by Crippen LogP contribution is -2.32. The third-order valence-corrected chi connectivity index (χ3v) is 2.63. The summed E-state index contributed by atoms with van der Waals surface area (Å²) in [5.74, 6) is 0.846. The zero-order valence-corrected chi connectivity index (χ0v) is 6.97. The van der Waals surface area contributed by atoms with Crippen LogP contribution in [0, 0.1) is 5.92 Å². The second-order valence-electron chi connectivity index (χ2n) is 3.50. The van der Waals surface area contributed by atoms with Gasteiger partial charge in [-0.05, 0) is 25.2 Å². The number of hydrogen-bond donors (Lipinski definition) is 1. The average molecular weight is 141 g/mol. The first-order valence-corrected chi connectivity index (χ1v) is 4.60. The van der Waals surface area contributed by atoms with Gasteiger partial charge in [-0.1, -0.05) is 26.2 Å². The molecule has 0 radical (unpaired) electrons. The number of rotatable bonds is 2. The van der Waals surface area contributed by atoms with Crippen molar-refractivity contribution in [2.45, 2.75) is 51.5 Å². The molecule has 10 heavy (non-hydrogen) atoms. The van der Waals surface area contributed by atoms with Gasteiger partial charge in [0.25, 0.3) is 0 Å². The quantitative estimate of drug-likeness (QED) is 0.627. The lowest BCUT2D eigenvalue weighted by molar-refractivity contribution is 0.290. The van der Waals surface area contributed by atoms with Crippen molar-refractivity contribution in [3.8, 4) is 0 Å². The van der Waals surface area contributed by atoms with Crippen molar-refractivity contribution in [1.29, 1.82) is 0 Å². The Kier molecular flexibility index (Phi) is 3.20. The molecular weight excluding hydrogens is 122 g/mol. The first-order chi connectivity index (χ1) is 4.84. The fourth-order valence-corrected chi connectivity index (χ4v) is 1.97. The summed E-state index contributed by atoms with van der Waals surface area (Å²) in [5.41, 5.74) is 5.97. The molecule has 0 amide bonds. The Hall–Kier alpha value is -0.0400. The molecule has 1 rings (SSSR count). The van der Waals surface area contributed by atoms with Crippen LogP contribution in [0.25, 0.3) is 0 Å². The maximum absolute atomic E-state index is 5.97. The van der Waals surface area contributed by atoms with E-state index in [1.807, 2.05) is 0 Å². The Balaban J connectivity index is 2.25. The van der Waals surface area contributed by atoms with Crippen LogP contribution >= 0.6 is 0 Å². The first kappa shape index (κ1) is 8.06. The second kappa shape index (κ2) is 3.97. The van der Waals surface area contributed by atoms with E-state index < -0.39 is 0 Å². The smallest absolute Gasteiger partial charge is 0.00671 e. The highest BCUT2D eigenvalue weighted by atomic mass is 14.7. The van der Waals surface area contributed by atoms with E-state index in [4.69, 9.17) is 5.73 Å². The van der Waals surface area contributed by atoms with Gasteiger partial charge in [0.2, 0.25) is 0 Å². The molecule has 1 saturated carbocycles. The Labute approximate surface area is 64.0 Å². The summed E-state index contributed by atoms with van der Waals surface area (Å²) in [4.78, 5) is 0. The van der Waals surface area contributed by atoms with Crippen LogP contribution in [0.1, 0.15) is 45.4 Å². The van der Waals surface area contributed by atoms with E-state index in [9.17, 15) is 0 Å². The molecule has 60 valence electrons. The highest BCUT2D eigenvalue weighted by Gasteiger charge is 2.19. The summed E-state index contributed by atoms with van der Waals surface area (Å²) in [6, 6.07) is 0.522. The van der Waals surface area contributed by atoms with Gasteiger partial charge in [-0.2, -0.15) is 0 Å². The van der Waals surface area contributed by atoms with Gasteiger partial charge in [0.05, 0.1) is 0 Å². The SMILES string of the molecule is CCC[C@@H]1CCCC[C@@H]1N. The first-order valence-electron chi connectivity index (χ1n) is 4.60. The van der Waals surface area contributed by atoms with Gasteiger partial charge in [0.1, 0.15) is 0 Å². The van der Waals surface area contributed by atoms with E-state index in [0.717, 1.165) is 5.92 Å². The van der Waals surface area contributed by atoms with E-state index >= 15 is 0 Å². The summed E-state index contributed by atoms with van der Waals surface area (Å²) in [7, 11) is 0. The molecule has 0 aromatic carbocycles. The van der Waals surface area contributed by atoms with Crippen molar-refractivity contribution in [1.82, 2.24) is 0 Å². The largest absolute Gasteiger partial charge is 0.327 e. The van der Waals surface area contributed by atoms with Crippen LogP contribution in [0.3, 0.4) is 0 Å². The molecule has 0 aromatic rings. The molecule has 0 bridgehead atoms. The van der Waals surface area contributed by atoms with Crippen LogP contribution in [0.2, 0.25) is 0 Å².